The number of rotatable bonds is 5. The van der Waals surface area contributed by atoms with Crippen molar-refractivity contribution in [2.24, 2.45) is 0 Å². The Hall–Kier alpha value is -0.240. The number of hydrogen-bond acceptors (Lipinski definition) is 1. The van der Waals surface area contributed by atoms with Crippen molar-refractivity contribution in [2.45, 2.75) is 32.4 Å². The van der Waals surface area contributed by atoms with Gasteiger partial charge in [-0.2, -0.15) is 0 Å². The summed E-state index contributed by atoms with van der Waals surface area (Å²) in [4.78, 5) is 0. The van der Waals surface area contributed by atoms with Crippen LogP contribution in [0.5, 0.6) is 0 Å². The first kappa shape index (κ1) is 12.8. The quantitative estimate of drug-likeness (QED) is 0.778. The summed E-state index contributed by atoms with van der Waals surface area (Å²) in [5.41, 5.74) is 1.10. The standard InChI is InChI=1S/C12H17Cl2N/c1-3-12(2,9-13)15-8-10-6-4-5-7-11(10)14/h4-7,15H,3,8-9H2,1-2H3. The van der Waals surface area contributed by atoms with Gasteiger partial charge in [0.1, 0.15) is 0 Å². The molecule has 3 heteroatoms. The molecule has 0 aliphatic heterocycles. The highest BCUT2D eigenvalue weighted by molar-refractivity contribution is 6.31. The van der Waals surface area contributed by atoms with Crippen molar-refractivity contribution in [1.29, 1.82) is 0 Å². The van der Waals surface area contributed by atoms with Crippen molar-refractivity contribution in [3.63, 3.8) is 0 Å². The number of halogens is 2. The average molecular weight is 246 g/mol. The fraction of sp³-hybridized carbons (Fsp3) is 0.500. The molecule has 0 heterocycles. The average Bonchev–Trinajstić information content (AvgIpc) is 2.28. The lowest BCUT2D eigenvalue weighted by Gasteiger charge is -2.27. The maximum atomic E-state index is 6.07. The molecule has 0 saturated carbocycles. The number of hydrogen-bond donors (Lipinski definition) is 1. The highest BCUT2D eigenvalue weighted by Gasteiger charge is 2.19. The Morgan fingerprint density at radius 3 is 2.53 bits per heavy atom. The molecule has 0 aromatic heterocycles. The number of nitrogens with one attached hydrogen (secondary N) is 1. The molecule has 1 rings (SSSR count). The van der Waals surface area contributed by atoms with Gasteiger partial charge in [-0.15, -0.1) is 11.6 Å². The summed E-state index contributed by atoms with van der Waals surface area (Å²) in [6.45, 7) is 5.01. The van der Waals surface area contributed by atoms with Crippen LogP contribution in [0, 0.1) is 0 Å². The van der Waals surface area contributed by atoms with E-state index in [0.717, 1.165) is 23.6 Å². The van der Waals surface area contributed by atoms with Crippen LogP contribution in [0.3, 0.4) is 0 Å². The Morgan fingerprint density at radius 2 is 2.00 bits per heavy atom. The zero-order valence-electron chi connectivity index (χ0n) is 9.19. The molecule has 15 heavy (non-hydrogen) atoms. The van der Waals surface area contributed by atoms with Crippen molar-refractivity contribution in [3.8, 4) is 0 Å². The van der Waals surface area contributed by atoms with Gasteiger partial charge < -0.3 is 5.32 Å². The molecule has 0 bridgehead atoms. The van der Waals surface area contributed by atoms with Crippen LogP contribution in [-0.2, 0) is 6.54 Å². The Balaban J connectivity index is 2.61. The molecular weight excluding hydrogens is 229 g/mol. The second kappa shape index (κ2) is 5.74. The van der Waals surface area contributed by atoms with Crippen molar-refractivity contribution in [2.75, 3.05) is 5.88 Å². The molecule has 0 spiro atoms. The summed E-state index contributed by atoms with van der Waals surface area (Å²) >= 11 is 12.0. The third-order valence-corrected chi connectivity index (χ3v) is 3.70. The van der Waals surface area contributed by atoms with Crippen molar-refractivity contribution >= 4 is 23.2 Å². The Bertz CT molecular complexity index is 308. The highest BCUT2D eigenvalue weighted by atomic mass is 35.5. The summed E-state index contributed by atoms with van der Waals surface area (Å²) in [5, 5.41) is 4.24. The summed E-state index contributed by atoms with van der Waals surface area (Å²) < 4.78 is 0. The van der Waals surface area contributed by atoms with Gasteiger partial charge in [0.25, 0.3) is 0 Å². The first-order valence-electron chi connectivity index (χ1n) is 5.15. The molecule has 0 radical (unpaired) electrons. The lowest BCUT2D eigenvalue weighted by molar-refractivity contribution is 0.379. The minimum Gasteiger partial charge on any atom is -0.306 e. The predicted molar refractivity (Wildman–Crippen MR) is 67.7 cm³/mol. The number of benzene rings is 1. The molecule has 1 aromatic rings. The topological polar surface area (TPSA) is 12.0 Å². The molecule has 0 amide bonds. The van der Waals surface area contributed by atoms with Gasteiger partial charge in [0, 0.05) is 23.0 Å². The van der Waals surface area contributed by atoms with E-state index in [9.17, 15) is 0 Å². The third-order valence-electron chi connectivity index (χ3n) is 2.74. The molecule has 1 nitrogen and oxygen atoms in total. The lowest BCUT2D eigenvalue weighted by Crippen LogP contribution is -2.43. The Labute approximate surface area is 102 Å². The van der Waals surface area contributed by atoms with Crippen LogP contribution in [0.1, 0.15) is 25.8 Å². The van der Waals surface area contributed by atoms with E-state index in [0.29, 0.717) is 5.88 Å². The number of alkyl halides is 1. The second-order valence-electron chi connectivity index (χ2n) is 3.99. The van der Waals surface area contributed by atoms with Crippen LogP contribution < -0.4 is 5.32 Å². The summed E-state index contributed by atoms with van der Waals surface area (Å²) in [7, 11) is 0. The van der Waals surface area contributed by atoms with E-state index in [1.807, 2.05) is 24.3 Å². The fourth-order valence-electron chi connectivity index (χ4n) is 1.22. The predicted octanol–water partition coefficient (Wildman–Crippen LogP) is 3.84. The monoisotopic (exact) mass is 245 g/mol. The van der Waals surface area contributed by atoms with Crippen LogP contribution >= 0.6 is 23.2 Å². The van der Waals surface area contributed by atoms with E-state index in [1.165, 1.54) is 0 Å². The fourth-order valence-corrected chi connectivity index (χ4v) is 1.70. The molecular formula is C12H17Cl2N. The van der Waals surface area contributed by atoms with E-state index in [-0.39, 0.29) is 5.54 Å². The zero-order chi connectivity index (χ0) is 11.3. The van der Waals surface area contributed by atoms with Crippen LogP contribution in [0.4, 0.5) is 0 Å². The van der Waals surface area contributed by atoms with Gasteiger partial charge in [0.05, 0.1) is 0 Å². The van der Waals surface area contributed by atoms with Crippen molar-refractivity contribution < 1.29 is 0 Å². The van der Waals surface area contributed by atoms with Gasteiger partial charge in [-0.3, -0.25) is 0 Å². The maximum absolute atomic E-state index is 6.07. The van der Waals surface area contributed by atoms with Crippen LogP contribution in [0.2, 0.25) is 5.02 Å². The Kier molecular flexibility index (Phi) is 4.91. The summed E-state index contributed by atoms with van der Waals surface area (Å²) in [5.74, 6) is 0.605. The van der Waals surface area contributed by atoms with Crippen LogP contribution in [0.15, 0.2) is 24.3 Å². The first-order chi connectivity index (χ1) is 7.11. The zero-order valence-corrected chi connectivity index (χ0v) is 10.7. The molecule has 0 saturated heterocycles. The minimum absolute atomic E-state index is 0.0132. The molecule has 1 aromatic carbocycles. The summed E-state index contributed by atoms with van der Waals surface area (Å²) in [6.07, 6.45) is 1.00. The normalized spacial score (nSPS) is 14.9. The van der Waals surface area contributed by atoms with Gasteiger partial charge in [-0.1, -0.05) is 36.7 Å². The van der Waals surface area contributed by atoms with Crippen molar-refractivity contribution in [3.05, 3.63) is 34.9 Å². The first-order valence-corrected chi connectivity index (χ1v) is 6.07. The van der Waals surface area contributed by atoms with E-state index < -0.39 is 0 Å². The van der Waals surface area contributed by atoms with E-state index in [4.69, 9.17) is 23.2 Å². The van der Waals surface area contributed by atoms with Crippen LogP contribution in [0.25, 0.3) is 0 Å². The SMILES string of the molecule is CCC(C)(CCl)NCc1ccccc1Cl. The minimum atomic E-state index is -0.0132. The third kappa shape index (κ3) is 3.67. The van der Waals surface area contributed by atoms with Crippen molar-refractivity contribution in [1.82, 2.24) is 5.32 Å². The van der Waals surface area contributed by atoms with Gasteiger partial charge in [0.2, 0.25) is 0 Å². The molecule has 1 atom stereocenters. The van der Waals surface area contributed by atoms with E-state index in [2.05, 4.69) is 19.2 Å². The highest BCUT2D eigenvalue weighted by Crippen LogP contribution is 2.17. The maximum Gasteiger partial charge on any atom is 0.0450 e. The molecule has 1 N–H and O–H groups in total. The van der Waals surface area contributed by atoms with Gasteiger partial charge >= 0.3 is 0 Å². The molecule has 1 unspecified atom stereocenters. The van der Waals surface area contributed by atoms with E-state index in [1.54, 1.807) is 0 Å². The molecule has 0 aliphatic rings. The second-order valence-corrected chi connectivity index (χ2v) is 4.67. The summed E-state index contributed by atoms with van der Waals surface area (Å²) in [6, 6.07) is 7.86. The lowest BCUT2D eigenvalue weighted by atomic mass is 10.0. The smallest absolute Gasteiger partial charge is 0.0450 e. The Morgan fingerprint density at radius 1 is 1.33 bits per heavy atom. The van der Waals surface area contributed by atoms with Gasteiger partial charge in [0.15, 0.2) is 0 Å². The van der Waals surface area contributed by atoms with Gasteiger partial charge in [-0.25, -0.2) is 0 Å². The van der Waals surface area contributed by atoms with Crippen LogP contribution in [-0.4, -0.2) is 11.4 Å². The molecule has 0 aliphatic carbocycles. The van der Waals surface area contributed by atoms with E-state index >= 15 is 0 Å². The molecule has 0 fully saturated rings. The largest absolute Gasteiger partial charge is 0.306 e. The molecule has 84 valence electrons. The van der Waals surface area contributed by atoms with Gasteiger partial charge in [-0.05, 0) is 25.0 Å².